The van der Waals surface area contributed by atoms with Crippen LogP contribution in [-0.2, 0) is 31.3 Å². The van der Waals surface area contributed by atoms with Crippen molar-refractivity contribution in [3.05, 3.63) is 71.6 Å². The molecule has 0 saturated heterocycles. The van der Waals surface area contributed by atoms with E-state index in [1.54, 1.807) is 41.8 Å². The Balaban J connectivity index is 1.63. The van der Waals surface area contributed by atoms with Gasteiger partial charge in [0.25, 0.3) is 10.0 Å². The Morgan fingerprint density at radius 3 is 2.27 bits per heavy atom. The highest BCUT2D eigenvalue weighted by Crippen LogP contribution is 2.21. The molecular formula is C19H19N3O5S3. The van der Waals surface area contributed by atoms with Gasteiger partial charge in [0.1, 0.15) is 4.21 Å². The van der Waals surface area contributed by atoms with Crippen molar-refractivity contribution >= 4 is 48.7 Å². The van der Waals surface area contributed by atoms with Crippen molar-refractivity contribution in [2.75, 3.05) is 17.1 Å². The number of anilines is 2. The third-order valence-corrected chi connectivity index (χ3v) is 8.22. The van der Waals surface area contributed by atoms with Crippen LogP contribution in [0.4, 0.5) is 11.4 Å². The monoisotopic (exact) mass is 465 g/mol. The van der Waals surface area contributed by atoms with E-state index in [9.17, 15) is 21.6 Å². The predicted molar refractivity (Wildman–Crippen MR) is 117 cm³/mol. The molecule has 0 atom stereocenters. The van der Waals surface area contributed by atoms with E-state index in [0.717, 1.165) is 11.3 Å². The summed E-state index contributed by atoms with van der Waals surface area (Å²) in [5.74, 6) is -0.332. The molecule has 11 heteroatoms. The van der Waals surface area contributed by atoms with E-state index < -0.39 is 20.0 Å². The maximum atomic E-state index is 12.3. The fourth-order valence-electron chi connectivity index (χ4n) is 2.56. The second kappa shape index (κ2) is 8.96. The molecule has 1 heterocycles. The molecule has 0 aliphatic heterocycles. The molecule has 0 bridgehead atoms. The Morgan fingerprint density at radius 2 is 1.63 bits per heavy atom. The second-order valence-corrected chi connectivity index (χ2v) is 10.9. The number of sulfonamides is 2. The molecule has 1 amide bonds. The maximum absolute atomic E-state index is 12.3. The van der Waals surface area contributed by atoms with Crippen LogP contribution in [0.1, 0.15) is 5.56 Å². The third kappa shape index (κ3) is 5.45. The number of carbonyl (C=O) groups is 1. The molecule has 0 aliphatic rings. The molecule has 3 rings (SSSR count). The first-order chi connectivity index (χ1) is 14.2. The van der Waals surface area contributed by atoms with E-state index in [0.29, 0.717) is 16.9 Å². The summed E-state index contributed by atoms with van der Waals surface area (Å²) < 4.78 is 53.1. The van der Waals surface area contributed by atoms with Gasteiger partial charge in [-0.15, -0.1) is 11.3 Å². The number of amides is 1. The van der Waals surface area contributed by atoms with E-state index in [1.165, 1.54) is 31.3 Å². The average molecular weight is 466 g/mol. The molecule has 2 aromatic carbocycles. The first-order valence-electron chi connectivity index (χ1n) is 8.68. The van der Waals surface area contributed by atoms with E-state index in [2.05, 4.69) is 14.8 Å². The normalized spacial score (nSPS) is 11.8. The van der Waals surface area contributed by atoms with Crippen LogP contribution in [0.25, 0.3) is 0 Å². The van der Waals surface area contributed by atoms with Gasteiger partial charge in [0.2, 0.25) is 15.9 Å². The summed E-state index contributed by atoms with van der Waals surface area (Å²) in [6, 6.07) is 15.5. The first-order valence-corrected chi connectivity index (χ1v) is 12.5. The maximum Gasteiger partial charge on any atom is 0.271 e. The van der Waals surface area contributed by atoms with Crippen molar-refractivity contribution < 1.29 is 21.6 Å². The zero-order valence-corrected chi connectivity index (χ0v) is 18.3. The molecule has 0 saturated carbocycles. The Hall–Kier alpha value is -2.73. The molecule has 1 aromatic heterocycles. The second-order valence-electron chi connectivity index (χ2n) is 6.19. The van der Waals surface area contributed by atoms with E-state index in [-0.39, 0.29) is 21.4 Å². The summed E-state index contributed by atoms with van der Waals surface area (Å²) in [5, 5.41) is 4.34. The van der Waals surface area contributed by atoms with E-state index in [1.807, 2.05) is 0 Å². The van der Waals surface area contributed by atoms with Crippen LogP contribution in [0.3, 0.4) is 0 Å². The summed E-state index contributed by atoms with van der Waals surface area (Å²) >= 11 is 1.12. The largest absolute Gasteiger partial charge is 0.326 e. The van der Waals surface area contributed by atoms with Crippen LogP contribution in [-0.4, -0.2) is 29.8 Å². The van der Waals surface area contributed by atoms with E-state index >= 15 is 0 Å². The minimum absolute atomic E-state index is 0.0426. The lowest BCUT2D eigenvalue weighted by atomic mass is 10.1. The summed E-state index contributed by atoms with van der Waals surface area (Å²) in [7, 11) is -5.93. The molecule has 8 nitrogen and oxygen atoms in total. The van der Waals surface area contributed by atoms with Crippen molar-refractivity contribution in [1.29, 1.82) is 0 Å². The number of carbonyl (C=O) groups excluding carboxylic acids is 1. The standard InChI is InChI=1S/C19H19N3O5S3/c1-20-29(24,25)17-5-2-4-16(13-17)21-18(23)12-14-7-9-15(10-8-14)22-30(26,27)19-6-3-11-28-19/h2-11,13,20,22H,12H2,1H3,(H,21,23). The lowest BCUT2D eigenvalue weighted by molar-refractivity contribution is -0.115. The quantitative estimate of drug-likeness (QED) is 0.472. The highest BCUT2D eigenvalue weighted by Gasteiger charge is 2.15. The minimum Gasteiger partial charge on any atom is -0.326 e. The fourth-order valence-corrected chi connectivity index (χ4v) is 5.39. The highest BCUT2D eigenvalue weighted by molar-refractivity contribution is 7.94. The molecule has 0 spiro atoms. The lowest BCUT2D eigenvalue weighted by Gasteiger charge is -2.09. The zero-order valence-electron chi connectivity index (χ0n) is 15.8. The molecule has 0 fully saturated rings. The molecular weight excluding hydrogens is 446 g/mol. The summed E-state index contributed by atoms with van der Waals surface area (Å²) in [6.07, 6.45) is 0.0426. The van der Waals surface area contributed by atoms with Crippen LogP contribution in [0.2, 0.25) is 0 Å². The van der Waals surface area contributed by atoms with Crippen molar-refractivity contribution in [1.82, 2.24) is 4.72 Å². The van der Waals surface area contributed by atoms with Crippen LogP contribution >= 0.6 is 11.3 Å². The molecule has 0 radical (unpaired) electrons. The van der Waals surface area contributed by atoms with Crippen LogP contribution in [0, 0.1) is 0 Å². The summed E-state index contributed by atoms with van der Waals surface area (Å²) in [6.45, 7) is 0. The molecule has 3 N–H and O–H groups in total. The van der Waals surface area contributed by atoms with Crippen molar-refractivity contribution in [2.24, 2.45) is 0 Å². The van der Waals surface area contributed by atoms with Gasteiger partial charge < -0.3 is 5.32 Å². The van der Waals surface area contributed by atoms with Crippen LogP contribution in [0.15, 0.2) is 75.1 Å². The van der Waals surface area contributed by atoms with Gasteiger partial charge in [-0.2, -0.15) is 0 Å². The number of benzene rings is 2. The lowest BCUT2D eigenvalue weighted by Crippen LogP contribution is -2.19. The van der Waals surface area contributed by atoms with Crippen LogP contribution < -0.4 is 14.8 Å². The van der Waals surface area contributed by atoms with Gasteiger partial charge in [0.15, 0.2) is 0 Å². The summed E-state index contributed by atoms with van der Waals surface area (Å²) in [5.41, 5.74) is 1.42. The molecule has 0 unspecified atom stereocenters. The topological polar surface area (TPSA) is 121 Å². The zero-order chi connectivity index (χ0) is 21.8. The van der Waals surface area contributed by atoms with Gasteiger partial charge in [0, 0.05) is 11.4 Å². The van der Waals surface area contributed by atoms with Gasteiger partial charge in [-0.1, -0.05) is 24.3 Å². The van der Waals surface area contributed by atoms with Gasteiger partial charge in [-0.3, -0.25) is 9.52 Å². The van der Waals surface area contributed by atoms with Gasteiger partial charge in [-0.05, 0) is 54.4 Å². The van der Waals surface area contributed by atoms with Gasteiger partial charge in [-0.25, -0.2) is 21.6 Å². The Kier molecular flexibility index (Phi) is 6.56. The van der Waals surface area contributed by atoms with Crippen LogP contribution in [0.5, 0.6) is 0 Å². The fraction of sp³-hybridized carbons (Fsp3) is 0.105. The number of rotatable bonds is 8. The first kappa shape index (κ1) is 22.0. The smallest absolute Gasteiger partial charge is 0.271 e. The van der Waals surface area contributed by atoms with Crippen molar-refractivity contribution in [2.45, 2.75) is 15.5 Å². The Labute approximate surface area is 179 Å². The average Bonchev–Trinajstić information content (AvgIpc) is 3.25. The van der Waals surface area contributed by atoms with Crippen molar-refractivity contribution in [3.63, 3.8) is 0 Å². The number of hydrogen-bond donors (Lipinski definition) is 3. The molecule has 0 aliphatic carbocycles. The molecule has 3 aromatic rings. The number of hydrogen-bond acceptors (Lipinski definition) is 6. The third-order valence-electron chi connectivity index (χ3n) is 4.03. The summed E-state index contributed by atoms with van der Waals surface area (Å²) in [4.78, 5) is 12.3. The van der Waals surface area contributed by atoms with Gasteiger partial charge in [0.05, 0.1) is 11.3 Å². The highest BCUT2D eigenvalue weighted by atomic mass is 32.2. The number of nitrogens with one attached hydrogen (secondary N) is 3. The predicted octanol–water partition coefficient (Wildman–Crippen LogP) is 2.64. The van der Waals surface area contributed by atoms with Gasteiger partial charge >= 0.3 is 0 Å². The molecule has 158 valence electrons. The van der Waals surface area contributed by atoms with Crippen molar-refractivity contribution in [3.8, 4) is 0 Å². The number of thiophene rings is 1. The van der Waals surface area contributed by atoms with E-state index in [4.69, 9.17) is 0 Å². The molecule has 30 heavy (non-hydrogen) atoms. The minimum atomic E-state index is -3.63. The SMILES string of the molecule is CNS(=O)(=O)c1cccc(NC(=O)Cc2ccc(NS(=O)(=O)c3cccs3)cc2)c1. The Morgan fingerprint density at radius 1 is 0.900 bits per heavy atom. The Bertz CT molecular complexity index is 1240.